The van der Waals surface area contributed by atoms with Gasteiger partial charge in [-0.25, -0.2) is 0 Å². The van der Waals surface area contributed by atoms with Gasteiger partial charge in [-0.2, -0.15) is 0 Å². The van der Waals surface area contributed by atoms with Gasteiger partial charge in [0.25, 0.3) is 0 Å². The largest absolute Gasteiger partial charge is 0.316 e. The highest BCUT2D eigenvalue weighted by Gasteiger charge is 2.20. The van der Waals surface area contributed by atoms with Gasteiger partial charge in [0.1, 0.15) is 0 Å². The molecule has 70 valence electrons. The number of hydrogen-bond donors (Lipinski definition) is 1. The molecule has 1 N–H and O–H groups in total. The van der Waals surface area contributed by atoms with E-state index in [-0.39, 0.29) is 0 Å². The van der Waals surface area contributed by atoms with Crippen molar-refractivity contribution in [1.29, 1.82) is 0 Å². The van der Waals surface area contributed by atoms with Crippen molar-refractivity contribution >= 4 is 34.2 Å². The van der Waals surface area contributed by atoms with Crippen LogP contribution in [0.15, 0.2) is 18.2 Å². The molecule has 2 rings (SSSR count). The summed E-state index contributed by atoms with van der Waals surface area (Å²) in [6.45, 7) is 2.19. The zero-order valence-corrected chi connectivity index (χ0v) is 10.1. The van der Waals surface area contributed by atoms with Crippen molar-refractivity contribution in [2.24, 2.45) is 0 Å². The Hall–Kier alpha value is 0.200. The van der Waals surface area contributed by atoms with Crippen molar-refractivity contribution in [3.63, 3.8) is 0 Å². The molecular formula is C10H11ClIN. The number of rotatable bonds is 1. The zero-order valence-electron chi connectivity index (χ0n) is 7.19. The molecule has 0 spiro atoms. The lowest BCUT2D eigenvalue weighted by Gasteiger charge is -2.12. The molecule has 0 aromatic heterocycles. The molecule has 1 aromatic rings. The minimum atomic E-state index is 0.612. The Morgan fingerprint density at radius 3 is 2.92 bits per heavy atom. The third-order valence-electron chi connectivity index (χ3n) is 2.47. The summed E-state index contributed by atoms with van der Waals surface area (Å²) in [5.74, 6) is 0.612. The van der Waals surface area contributed by atoms with Crippen molar-refractivity contribution < 1.29 is 0 Å². The van der Waals surface area contributed by atoms with Gasteiger partial charge in [0.2, 0.25) is 0 Å². The monoisotopic (exact) mass is 307 g/mol. The first kappa shape index (κ1) is 9.74. The predicted molar refractivity (Wildman–Crippen MR) is 64.4 cm³/mol. The summed E-state index contributed by atoms with van der Waals surface area (Å²) in [6, 6.07) is 6.12. The first-order chi connectivity index (χ1) is 6.29. The van der Waals surface area contributed by atoms with E-state index < -0.39 is 0 Å². The second-order valence-corrected chi connectivity index (χ2v) is 4.89. The summed E-state index contributed by atoms with van der Waals surface area (Å²) in [6.07, 6.45) is 1.21. The van der Waals surface area contributed by atoms with Gasteiger partial charge in [-0.3, -0.25) is 0 Å². The van der Waals surface area contributed by atoms with E-state index in [0.29, 0.717) is 5.92 Å². The van der Waals surface area contributed by atoms with E-state index in [9.17, 15) is 0 Å². The third kappa shape index (κ3) is 2.00. The molecule has 1 aliphatic rings. The maximum Gasteiger partial charge on any atom is 0.0451 e. The first-order valence-corrected chi connectivity index (χ1v) is 5.89. The summed E-state index contributed by atoms with van der Waals surface area (Å²) in [7, 11) is 0. The molecule has 3 heteroatoms. The highest BCUT2D eigenvalue weighted by atomic mass is 127. The Kier molecular flexibility index (Phi) is 3.11. The van der Waals surface area contributed by atoms with E-state index in [4.69, 9.17) is 11.6 Å². The summed E-state index contributed by atoms with van der Waals surface area (Å²) >= 11 is 8.54. The maximum atomic E-state index is 6.18. The highest BCUT2D eigenvalue weighted by molar-refractivity contribution is 14.1. The molecule has 1 fully saturated rings. The Labute approximate surface area is 97.0 Å². The quantitative estimate of drug-likeness (QED) is 0.787. The summed E-state index contributed by atoms with van der Waals surface area (Å²) < 4.78 is 1.29. The van der Waals surface area contributed by atoms with Crippen molar-refractivity contribution in [3.8, 4) is 0 Å². The smallest absolute Gasteiger partial charge is 0.0451 e. The fourth-order valence-corrected chi connectivity index (χ4v) is 3.23. The van der Waals surface area contributed by atoms with E-state index in [0.717, 1.165) is 18.1 Å². The van der Waals surface area contributed by atoms with Crippen molar-refractivity contribution in [1.82, 2.24) is 5.32 Å². The van der Waals surface area contributed by atoms with Crippen LogP contribution in [0.1, 0.15) is 17.9 Å². The molecule has 1 aromatic carbocycles. The molecular weight excluding hydrogens is 296 g/mol. The number of benzene rings is 1. The van der Waals surface area contributed by atoms with Crippen molar-refractivity contribution in [3.05, 3.63) is 32.4 Å². The topological polar surface area (TPSA) is 12.0 Å². The summed E-state index contributed by atoms with van der Waals surface area (Å²) in [5.41, 5.74) is 1.33. The second-order valence-electron chi connectivity index (χ2n) is 3.33. The minimum Gasteiger partial charge on any atom is -0.316 e. The summed E-state index contributed by atoms with van der Waals surface area (Å²) in [4.78, 5) is 0. The normalized spacial score (nSPS) is 22.2. The molecule has 0 aliphatic carbocycles. The van der Waals surface area contributed by atoms with E-state index in [1.165, 1.54) is 15.6 Å². The van der Waals surface area contributed by atoms with Gasteiger partial charge in [0.05, 0.1) is 0 Å². The molecule has 1 atom stereocenters. The second kappa shape index (κ2) is 4.15. The van der Waals surface area contributed by atoms with Gasteiger partial charge in [-0.15, -0.1) is 0 Å². The van der Waals surface area contributed by atoms with Gasteiger partial charge < -0.3 is 5.32 Å². The highest BCUT2D eigenvalue weighted by Crippen LogP contribution is 2.32. The lowest BCUT2D eigenvalue weighted by molar-refractivity contribution is 0.759. The van der Waals surface area contributed by atoms with E-state index in [1.54, 1.807) is 0 Å². The Bertz CT molecular complexity index is 288. The molecule has 1 nitrogen and oxygen atoms in total. The van der Waals surface area contributed by atoms with Crippen LogP contribution in [0.4, 0.5) is 0 Å². The van der Waals surface area contributed by atoms with Crippen LogP contribution in [0, 0.1) is 3.57 Å². The average Bonchev–Trinajstić information content (AvgIpc) is 2.57. The minimum absolute atomic E-state index is 0.612. The van der Waals surface area contributed by atoms with Crippen LogP contribution in [-0.4, -0.2) is 13.1 Å². The Morgan fingerprint density at radius 1 is 1.46 bits per heavy atom. The van der Waals surface area contributed by atoms with E-state index in [1.807, 2.05) is 12.1 Å². The molecule has 1 heterocycles. The molecule has 0 bridgehead atoms. The van der Waals surface area contributed by atoms with Gasteiger partial charge in [-0.1, -0.05) is 17.7 Å². The fraction of sp³-hybridized carbons (Fsp3) is 0.400. The number of halogens is 2. The standard InChI is InChI=1S/C10H11ClIN/c11-8-2-1-3-9(12)10(8)7-4-5-13-6-7/h1-3,7,13H,4-6H2. The molecule has 1 unspecified atom stereocenters. The van der Waals surface area contributed by atoms with Gasteiger partial charge in [0, 0.05) is 21.1 Å². The van der Waals surface area contributed by atoms with Crippen molar-refractivity contribution in [2.45, 2.75) is 12.3 Å². The predicted octanol–water partition coefficient (Wildman–Crippen LogP) is 3.02. The van der Waals surface area contributed by atoms with Crippen LogP contribution in [0.5, 0.6) is 0 Å². The Balaban J connectivity index is 2.37. The van der Waals surface area contributed by atoms with Crippen LogP contribution < -0.4 is 5.32 Å². The molecule has 13 heavy (non-hydrogen) atoms. The number of nitrogens with one attached hydrogen (secondary N) is 1. The zero-order chi connectivity index (χ0) is 9.26. The van der Waals surface area contributed by atoms with Crippen LogP contribution in [-0.2, 0) is 0 Å². The van der Waals surface area contributed by atoms with Gasteiger partial charge in [-0.05, 0) is 53.3 Å². The Morgan fingerprint density at radius 2 is 2.31 bits per heavy atom. The number of hydrogen-bond acceptors (Lipinski definition) is 1. The van der Waals surface area contributed by atoms with Crippen LogP contribution >= 0.6 is 34.2 Å². The molecule has 1 aliphatic heterocycles. The van der Waals surface area contributed by atoms with Gasteiger partial charge in [0.15, 0.2) is 0 Å². The third-order valence-corrected chi connectivity index (χ3v) is 3.74. The van der Waals surface area contributed by atoms with Crippen LogP contribution in [0.3, 0.4) is 0 Å². The molecule has 0 radical (unpaired) electrons. The fourth-order valence-electron chi connectivity index (χ4n) is 1.80. The van der Waals surface area contributed by atoms with Crippen LogP contribution in [0.2, 0.25) is 5.02 Å². The lowest BCUT2D eigenvalue weighted by atomic mass is 9.99. The molecule has 0 saturated carbocycles. The van der Waals surface area contributed by atoms with Crippen molar-refractivity contribution in [2.75, 3.05) is 13.1 Å². The molecule has 1 saturated heterocycles. The first-order valence-electron chi connectivity index (χ1n) is 4.43. The van der Waals surface area contributed by atoms with Crippen LogP contribution in [0.25, 0.3) is 0 Å². The molecule has 0 amide bonds. The maximum absolute atomic E-state index is 6.18. The van der Waals surface area contributed by atoms with E-state index in [2.05, 4.69) is 34.0 Å². The van der Waals surface area contributed by atoms with E-state index >= 15 is 0 Å². The SMILES string of the molecule is Clc1cccc(I)c1C1CCNC1. The summed E-state index contributed by atoms with van der Waals surface area (Å²) in [5, 5.41) is 4.28. The van der Waals surface area contributed by atoms with Gasteiger partial charge >= 0.3 is 0 Å². The lowest BCUT2D eigenvalue weighted by Crippen LogP contribution is -2.09. The average molecular weight is 308 g/mol.